The smallest absolute Gasteiger partial charge is 0.251 e. The topological polar surface area (TPSA) is 64.3 Å². The lowest BCUT2D eigenvalue weighted by Gasteiger charge is -2.12. The predicted molar refractivity (Wildman–Crippen MR) is 62.5 cm³/mol. The van der Waals surface area contributed by atoms with E-state index in [1.165, 1.54) is 0 Å². The highest BCUT2D eigenvalue weighted by atomic mass is 16.5. The molecule has 0 spiro atoms. The minimum Gasteiger partial charge on any atom is -0.495 e. The number of benzene rings is 1. The van der Waals surface area contributed by atoms with E-state index in [0.29, 0.717) is 17.0 Å². The molecule has 1 fully saturated rings. The Morgan fingerprint density at radius 2 is 2.19 bits per heavy atom. The number of nitrogens with two attached hydrogens (primary N) is 1. The second-order valence-corrected chi connectivity index (χ2v) is 4.47. The number of carbonyl (C=O) groups is 1. The third-order valence-corrected chi connectivity index (χ3v) is 2.91. The van der Waals surface area contributed by atoms with Gasteiger partial charge in [0, 0.05) is 11.1 Å². The maximum atomic E-state index is 11.8. The standard InChI is InChI=1S/C12H16N2O2/c1-12(5-6-12)14-11(15)8-3-4-10(16-2)9(13)7-8/h3-4,7H,5-6,13H2,1-2H3,(H,14,15). The van der Waals surface area contributed by atoms with Crippen molar-refractivity contribution in [2.75, 3.05) is 12.8 Å². The average Bonchev–Trinajstić information content (AvgIpc) is 2.95. The van der Waals surface area contributed by atoms with Crippen LogP contribution in [0, 0.1) is 0 Å². The zero-order valence-corrected chi connectivity index (χ0v) is 9.54. The fourth-order valence-electron chi connectivity index (χ4n) is 1.53. The molecule has 2 rings (SSSR count). The molecular formula is C12H16N2O2. The second kappa shape index (κ2) is 3.70. The molecule has 4 nitrogen and oxygen atoms in total. The summed E-state index contributed by atoms with van der Waals surface area (Å²) in [4.78, 5) is 11.8. The van der Waals surface area contributed by atoms with Crippen LogP contribution in [-0.4, -0.2) is 18.6 Å². The molecule has 1 aliphatic carbocycles. The Kier molecular flexibility index (Phi) is 2.50. The first-order chi connectivity index (χ1) is 7.54. The molecule has 1 aromatic rings. The maximum absolute atomic E-state index is 11.8. The number of nitrogen functional groups attached to an aromatic ring is 1. The van der Waals surface area contributed by atoms with Gasteiger partial charge in [-0.3, -0.25) is 4.79 Å². The van der Waals surface area contributed by atoms with Crippen molar-refractivity contribution in [3.63, 3.8) is 0 Å². The van der Waals surface area contributed by atoms with Crippen molar-refractivity contribution in [1.29, 1.82) is 0 Å². The van der Waals surface area contributed by atoms with Crippen LogP contribution in [-0.2, 0) is 0 Å². The first-order valence-corrected chi connectivity index (χ1v) is 5.30. The Labute approximate surface area is 94.8 Å². The molecule has 86 valence electrons. The lowest BCUT2D eigenvalue weighted by molar-refractivity contribution is 0.0935. The summed E-state index contributed by atoms with van der Waals surface area (Å²) in [6.07, 6.45) is 2.09. The monoisotopic (exact) mass is 220 g/mol. The first kappa shape index (κ1) is 10.8. The quantitative estimate of drug-likeness (QED) is 0.760. The molecule has 0 unspecified atom stereocenters. The third kappa shape index (κ3) is 2.10. The van der Waals surface area contributed by atoms with Crippen LogP contribution in [0.5, 0.6) is 5.75 Å². The van der Waals surface area contributed by atoms with Crippen LogP contribution in [0.1, 0.15) is 30.1 Å². The normalized spacial score (nSPS) is 16.6. The molecule has 1 amide bonds. The molecule has 3 N–H and O–H groups in total. The van der Waals surface area contributed by atoms with Gasteiger partial charge in [0.15, 0.2) is 0 Å². The lowest BCUT2D eigenvalue weighted by atomic mass is 10.1. The van der Waals surface area contributed by atoms with Crippen molar-refractivity contribution in [1.82, 2.24) is 5.32 Å². The zero-order chi connectivity index (χ0) is 11.8. The Balaban J connectivity index is 2.14. The Bertz CT molecular complexity index is 425. The number of nitrogens with one attached hydrogen (secondary N) is 1. The van der Waals surface area contributed by atoms with Gasteiger partial charge in [-0.15, -0.1) is 0 Å². The van der Waals surface area contributed by atoms with E-state index in [1.54, 1.807) is 25.3 Å². The van der Waals surface area contributed by atoms with E-state index < -0.39 is 0 Å². The Morgan fingerprint density at radius 1 is 1.50 bits per heavy atom. The lowest BCUT2D eigenvalue weighted by Crippen LogP contribution is -2.34. The molecule has 0 heterocycles. The summed E-state index contributed by atoms with van der Waals surface area (Å²) in [5.41, 5.74) is 6.79. The van der Waals surface area contributed by atoms with Crippen LogP contribution in [0.4, 0.5) is 5.69 Å². The molecule has 0 atom stereocenters. The van der Waals surface area contributed by atoms with Crippen LogP contribution in [0.15, 0.2) is 18.2 Å². The van der Waals surface area contributed by atoms with Crippen LogP contribution in [0.2, 0.25) is 0 Å². The second-order valence-electron chi connectivity index (χ2n) is 4.47. The van der Waals surface area contributed by atoms with Gasteiger partial charge in [0.05, 0.1) is 12.8 Å². The molecule has 0 aliphatic heterocycles. The van der Waals surface area contributed by atoms with Crippen LogP contribution in [0.3, 0.4) is 0 Å². The molecule has 1 aliphatic rings. The van der Waals surface area contributed by atoms with Crippen molar-refractivity contribution < 1.29 is 9.53 Å². The predicted octanol–water partition coefficient (Wildman–Crippen LogP) is 1.56. The van der Waals surface area contributed by atoms with Crippen molar-refractivity contribution in [3.8, 4) is 5.75 Å². The van der Waals surface area contributed by atoms with E-state index in [0.717, 1.165) is 12.8 Å². The van der Waals surface area contributed by atoms with Crippen LogP contribution in [0.25, 0.3) is 0 Å². The van der Waals surface area contributed by atoms with Gasteiger partial charge in [-0.05, 0) is 38.0 Å². The van der Waals surface area contributed by atoms with E-state index in [-0.39, 0.29) is 11.4 Å². The molecule has 0 bridgehead atoms. The summed E-state index contributed by atoms with van der Waals surface area (Å²) in [6, 6.07) is 5.07. The molecule has 4 heteroatoms. The van der Waals surface area contributed by atoms with Gasteiger partial charge in [0.25, 0.3) is 5.91 Å². The summed E-state index contributed by atoms with van der Waals surface area (Å²) >= 11 is 0. The van der Waals surface area contributed by atoms with Crippen molar-refractivity contribution in [2.45, 2.75) is 25.3 Å². The molecule has 0 radical (unpaired) electrons. The molecular weight excluding hydrogens is 204 g/mol. The number of rotatable bonds is 3. The summed E-state index contributed by atoms with van der Waals surface area (Å²) in [6.45, 7) is 2.04. The molecule has 0 saturated heterocycles. The number of methoxy groups -OCH3 is 1. The maximum Gasteiger partial charge on any atom is 0.251 e. The highest BCUT2D eigenvalue weighted by Gasteiger charge is 2.38. The van der Waals surface area contributed by atoms with Gasteiger partial charge >= 0.3 is 0 Å². The minimum absolute atomic E-state index is 0.00816. The van der Waals surface area contributed by atoms with Crippen LogP contribution >= 0.6 is 0 Å². The number of amides is 1. The Hall–Kier alpha value is -1.71. The van der Waals surface area contributed by atoms with E-state index >= 15 is 0 Å². The largest absolute Gasteiger partial charge is 0.495 e. The van der Waals surface area contributed by atoms with Gasteiger partial charge in [-0.1, -0.05) is 0 Å². The zero-order valence-electron chi connectivity index (χ0n) is 9.54. The van der Waals surface area contributed by atoms with Gasteiger partial charge < -0.3 is 15.8 Å². The highest BCUT2D eigenvalue weighted by Crippen LogP contribution is 2.34. The van der Waals surface area contributed by atoms with Crippen molar-refractivity contribution in [3.05, 3.63) is 23.8 Å². The van der Waals surface area contributed by atoms with Crippen molar-refractivity contribution >= 4 is 11.6 Å². The highest BCUT2D eigenvalue weighted by molar-refractivity contribution is 5.96. The van der Waals surface area contributed by atoms with Gasteiger partial charge in [0.1, 0.15) is 5.75 Å². The van der Waals surface area contributed by atoms with Gasteiger partial charge in [-0.2, -0.15) is 0 Å². The summed E-state index contributed by atoms with van der Waals surface area (Å²) < 4.78 is 5.04. The first-order valence-electron chi connectivity index (χ1n) is 5.30. The van der Waals surface area contributed by atoms with E-state index in [9.17, 15) is 4.79 Å². The minimum atomic E-state index is -0.0747. The SMILES string of the molecule is COc1ccc(C(=O)NC2(C)CC2)cc1N. The van der Waals surface area contributed by atoms with Crippen LogP contribution < -0.4 is 15.8 Å². The van der Waals surface area contributed by atoms with Gasteiger partial charge in [0.2, 0.25) is 0 Å². The molecule has 16 heavy (non-hydrogen) atoms. The van der Waals surface area contributed by atoms with E-state index in [1.807, 2.05) is 6.92 Å². The number of anilines is 1. The number of hydrogen-bond acceptors (Lipinski definition) is 3. The number of carbonyl (C=O) groups excluding carboxylic acids is 1. The van der Waals surface area contributed by atoms with E-state index in [2.05, 4.69) is 5.32 Å². The van der Waals surface area contributed by atoms with Crippen molar-refractivity contribution in [2.24, 2.45) is 0 Å². The average molecular weight is 220 g/mol. The summed E-state index contributed by atoms with van der Waals surface area (Å²) in [5, 5.41) is 2.98. The fraction of sp³-hybridized carbons (Fsp3) is 0.417. The fourth-order valence-corrected chi connectivity index (χ4v) is 1.53. The Morgan fingerprint density at radius 3 is 2.69 bits per heavy atom. The number of ether oxygens (including phenoxy) is 1. The van der Waals surface area contributed by atoms with E-state index in [4.69, 9.17) is 10.5 Å². The molecule has 1 aromatic carbocycles. The molecule has 0 aromatic heterocycles. The molecule has 1 saturated carbocycles. The van der Waals surface area contributed by atoms with Gasteiger partial charge in [-0.25, -0.2) is 0 Å². The third-order valence-electron chi connectivity index (χ3n) is 2.91. The number of hydrogen-bond donors (Lipinski definition) is 2. The summed E-state index contributed by atoms with van der Waals surface area (Å²) in [7, 11) is 1.55. The summed E-state index contributed by atoms with van der Waals surface area (Å²) in [5.74, 6) is 0.517.